The van der Waals surface area contributed by atoms with E-state index in [1.165, 1.54) is 19.3 Å². The molecule has 0 atom stereocenters. The molecule has 0 saturated heterocycles. The van der Waals surface area contributed by atoms with Gasteiger partial charge in [-0.05, 0) is 54.8 Å². The molecule has 0 fully saturated rings. The van der Waals surface area contributed by atoms with Crippen LogP contribution in [0.4, 0.5) is 0 Å². The Morgan fingerprint density at radius 1 is 1.04 bits per heavy atom. The summed E-state index contributed by atoms with van der Waals surface area (Å²) in [5, 5.41) is 1.62. The first-order valence-corrected chi connectivity index (χ1v) is 8.48. The number of carbonyl (C=O) groups is 1. The van der Waals surface area contributed by atoms with E-state index in [2.05, 4.69) is 0 Å². The fourth-order valence-electron chi connectivity index (χ4n) is 2.32. The van der Waals surface area contributed by atoms with E-state index in [1.54, 1.807) is 18.2 Å². The highest BCUT2D eigenvalue weighted by Crippen LogP contribution is 2.40. The zero-order chi connectivity index (χ0) is 18.0. The number of allylic oxidation sites excluding steroid dienone is 1. The number of hydrogen-bond donors (Lipinski definition) is 0. The van der Waals surface area contributed by atoms with E-state index >= 15 is 0 Å². The van der Waals surface area contributed by atoms with Gasteiger partial charge >= 0.3 is 0 Å². The van der Waals surface area contributed by atoms with Crippen molar-refractivity contribution in [2.75, 3.05) is 7.11 Å². The van der Waals surface area contributed by atoms with Gasteiger partial charge in [-0.3, -0.25) is 4.79 Å². The molecule has 0 spiro atoms. The first-order chi connectivity index (χ1) is 11.3. The Hall–Kier alpha value is -1.19. The number of carbonyl (C=O) groups excluding carboxylic acids is 1. The van der Waals surface area contributed by atoms with Crippen LogP contribution in [0, 0.1) is 13.8 Å². The van der Waals surface area contributed by atoms with Crippen LogP contribution in [0.25, 0.3) is 6.08 Å². The van der Waals surface area contributed by atoms with E-state index in [0.29, 0.717) is 31.4 Å². The normalized spacial score (nSPS) is 11.1. The van der Waals surface area contributed by atoms with Gasteiger partial charge in [-0.25, -0.2) is 0 Å². The van der Waals surface area contributed by atoms with Crippen LogP contribution >= 0.6 is 46.4 Å². The summed E-state index contributed by atoms with van der Waals surface area (Å²) in [6, 6.07) is 4.74. The highest BCUT2D eigenvalue weighted by Gasteiger charge is 2.17. The minimum Gasteiger partial charge on any atom is -0.494 e. The van der Waals surface area contributed by atoms with Crippen molar-refractivity contribution in [2.24, 2.45) is 0 Å². The van der Waals surface area contributed by atoms with Gasteiger partial charge in [0.05, 0.1) is 22.2 Å². The maximum absolute atomic E-state index is 12.4. The summed E-state index contributed by atoms with van der Waals surface area (Å²) in [6.45, 7) is 3.68. The molecule has 6 heteroatoms. The van der Waals surface area contributed by atoms with E-state index in [1.807, 2.05) is 13.8 Å². The first kappa shape index (κ1) is 19.1. The molecule has 0 bridgehead atoms. The van der Waals surface area contributed by atoms with Crippen molar-refractivity contribution in [1.82, 2.24) is 0 Å². The Morgan fingerprint density at radius 3 is 2.12 bits per heavy atom. The van der Waals surface area contributed by atoms with Gasteiger partial charge in [0, 0.05) is 10.6 Å². The van der Waals surface area contributed by atoms with Gasteiger partial charge in [0.25, 0.3) is 0 Å². The van der Waals surface area contributed by atoms with Crippen LogP contribution in [-0.4, -0.2) is 12.9 Å². The van der Waals surface area contributed by atoms with Crippen molar-refractivity contribution in [1.29, 1.82) is 0 Å². The lowest BCUT2D eigenvalue weighted by molar-refractivity contribution is 0.104. The van der Waals surface area contributed by atoms with E-state index in [0.717, 1.165) is 16.7 Å². The molecule has 0 heterocycles. The van der Waals surface area contributed by atoms with Gasteiger partial charge in [-0.15, -0.1) is 0 Å². The minimum atomic E-state index is -0.237. The van der Waals surface area contributed by atoms with Crippen molar-refractivity contribution in [3.63, 3.8) is 0 Å². The van der Waals surface area contributed by atoms with E-state index < -0.39 is 0 Å². The SMILES string of the molecule is COc1c(Cl)c(C)c(/C=C/C(=O)c2ccc(Cl)cc2Cl)c(C)c1Cl. The zero-order valence-corrected chi connectivity index (χ0v) is 16.2. The number of benzene rings is 2. The van der Waals surface area contributed by atoms with Gasteiger partial charge in [0.15, 0.2) is 11.5 Å². The molecule has 0 aromatic heterocycles. The van der Waals surface area contributed by atoms with Crippen LogP contribution in [-0.2, 0) is 0 Å². The number of rotatable bonds is 4. The molecule has 126 valence electrons. The second kappa shape index (κ2) is 7.79. The molecule has 2 aromatic carbocycles. The molecule has 2 aromatic rings. The van der Waals surface area contributed by atoms with Crippen LogP contribution in [0.2, 0.25) is 20.1 Å². The molecular formula is C18H14Cl4O2. The van der Waals surface area contributed by atoms with Crippen LogP contribution in [0.1, 0.15) is 27.0 Å². The summed E-state index contributed by atoms with van der Waals surface area (Å²) in [6.07, 6.45) is 3.11. The van der Waals surface area contributed by atoms with E-state index in [9.17, 15) is 4.79 Å². The smallest absolute Gasteiger partial charge is 0.187 e. The molecule has 0 saturated carbocycles. The monoisotopic (exact) mass is 402 g/mol. The fourth-order valence-corrected chi connectivity index (χ4v) is 3.42. The zero-order valence-electron chi connectivity index (χ0n) is 13.2. The Bertz CT molecular complexity index is 812. The molecule has 0 aliphatic rings. The molecule has 0 unspecified atom stereocenters. The Balaban J connectivity index is 2.44. The van der Waals surface area contributed by atoms with Crippen molar-refractivity contribution in [3.8, 4) is 5.75 Å². The predicted molar refractivity (Wildman–Crippen MR) is 102 cm³/mol. The predicted octanol–water partition coefficient (Wildman–Crippen LogP) is 6.82. The van der Waals surface area contributed by atoms with Gasteiger partial charge in [-0.1, -0.05) is 52.5 Å². The average molecular weight is 404 g/mol. The fraction of sp³-hybridized carbons (Fsp3) is 0.167. The summed E-state index contributed by atoms with van der Waals surface area (Å²) in [7, 11) is 1.51. The van der Waals surface area contributed by atoms with Crippen LogP contribution in [0.15, 0.2) is 24.3 Å². The Kier molecular flexibility index (Phi) is 6.22. The molecule has 0 aliphatic heterocycles. The third kappa shape index (κ3) is 3.73. The molecule has 24 heavy (non-hydrogen) atoms. The molecule has 0 amide bonds. The minimum absolute atomic E-state index is 0.237. The summed E-state index contributed by atoms with van der Waals surface area (Å²) in [5.74, 6) is 0.191. The average Bonchev–Trinajstić information content (AvgIpc) is 2.53. The third-order valence-corrected chi connectivity index (χ3v) is 5.13. The summed E-state index contributed by atoms with van der Waals surface area (Å²) < 4.78 is 5.23. The van der Waals surface area contributed by atoms with Crippen LogP contribution in [0.3, 0.4) is 0 Å². The van der Waals surface area contributed by atoms with E-state index in [4.69, 9.17) is 51.1 Å². The van der Waals surface area contributed by atoms with Crippen molar-refractivity contribution >= 4 is 58.3 Å². The second-order valence-electron chi connectivity index (χ2n) is 5.15. The summed E-state index contributed by atoms with van der Waals surface area (Å²) >= 11 is 24.5. The third-order valence-electron chi connectivity index (χ3n) is 3.67. The maximum Gasteiger partial charge on any atom is 0.187 e. The highest BCUT2D eigenvalue weighted by atomic mass is 35.5. The lowest BCUT2D eigenvalue weighted by Crippen LogP contribution is -1.98. The number of ether oxygens (including phenoxy) is 1. The summed E-state index contributed by atoms with van der Waals surface area (Å²) in [4.78, 5) is 12.4. The quantitative estimate of drug-likeness (QED) is 0.413. The second-order valence-corrected chi connectivity index (χ2v) is 6.75. The van der Waals surface area contributed by atoms with Gasteiger partial charge < -0.3 is 4.74 Å². The lowest BCUT2D eigenvalue weighted by atomic mass is 10.0. The number of hydrogen-bond acceptors (Lipinski definition) is 2. The molecule has 0 radical (unpaired) electrons. The molecule has 2 rings (SSSR count). The van der Waals surface area contributed by atoms with Gasteiger partial charge in [0.2, 0.25) is 0 Å². The van der Waals surface area contributed by atoms with Gasteiger partial charge in [-0.2, -0.15) is 0 Å². The molecular weight excluding hydrogens is 390 g/mol. The topological polar surface area (TPSA) is 26.3 Å². The first-order valence-electron chi connectivity index (χ1n) is 6.97. The summed E-state index contributed by atoms with van der Waals surface area (Å²) in [5.41, 5.74) is 2.70. The van der Waals surface area contributed by atoms with Crippen molar-refractivity contribution in [3.05, 3.63) is 66.6 Å². The maximum atomic E-state index is 12.4. The Labute approximate surface area is 160 Å². The Morgan fingerprint density at radius 2 is 1.62 bits per heavy atom. The lowest BCUT2D eigenvalue weighted by Gasteiger charge is -2.14. The number of methoxy groups -OCH3 is 1. The van der Waals surface area contributed by atoms with Gasteiger partial charge in [0.1, 0.15) is 0 Å². The van der Waals surface area contributed by atoms with Crippen molar-refractivity contribution < 1.29 is 9.53 Å². The number of halogens is 4. The van der Waals surface area contributed by atoms with E-state index in [-0.39, 0.29) is 5.78 Å². The number of ketones is 1. The van der Waals surface area contributed by atoms with Crippen molar-refractivity contribution in [2.45, 2.75) is 13.8 Å². The molecule has 2 nitrogen and oxygen atoms in total. The standard InChI is InChI=1S/C18H14Cl4O2/c1-9-12(10(2)17(22)18(24-3)16(9)21)6-7-15(23)13-5-4-11(19)8-14(13)20/h4-8H,1-3H3/b7-6+. The highest BCUT2D eigenvalue weighted by molar-refractivity contribution is 6.39. The largest absolute Gasteiger partial charge is 0.494 e. The molecule has 0 N–H and O–H groups in total. The van der Waals surface area contributed by atoms with Crippen LogP contribution < -0.4 is 4.74 Å². The molecule has 0 aliphatic carbocycles. The van der Waals surface area contributed by atoms with Crippen LogP contribution in [0.5, 0.6) is 5.75 Å².